The quantitative estimate of drug-likeness (QED) is 0.303. The molecule has 2 amide bonds. The molecule has 0 radical (unpaired) electrons. The molecule has 2 heterocycles. The third-order valence-electron chi connectivity index (χ3n) is 4.83. The molecule has 32 heavy (non-hydrogen) atoms. The number of benzene rings is 2. The Morgan fingerprint density at radius 1 is 1.16 bits per heavy atom. The van der Waals surface area contributed by atoms with Gasteiger partial charge in [-0.2, -0.15) is 0 Å². The molecule has 1 aromatic heterocycles. The molecule has 4 rings (SSSR count). The number of amides is 2. The Morgan fingerprint density at radius 3 is 2.66 bits per heavy atom. The lowest BCUT2D eigenvalue weighted by Crippen LogP contribution is -2.54. The molecule has 1 aliphatic rings. The van der Waals surface area contributed by atoms with Gasteiger partial charge in [-0.25, -0.2) is 4.79 Å². The summed E-state index contributed by atoms with van der Waals surface area (Å²) < 4.78 is 6.52. The molecule has 2 aromatic carbocycles. The average molecular weight is 511 g/mol. The van der Waals surface area contributed by atoms with Crippen molar-refractivity contribution in [3.8, 4) is 11.3 Å². The Balaban J connectivity index is 1.68. The third kappa shape index (κ3) is 4.12. The van der Waals surface area contributed by atoms with E-state index >= 15 is 0 Å². The van der Waals surface area contributed by atoms with Gasteiger partial charge in [0.15, 0.2) is 5.11 Å². The fourth-order valence-electron chi connectivity index (χ4n) is 3.24. The lowest BCUT2D eigenvalue weighted by molar-refractivity contribution is -0.122. The number of thiocarbonyl (C=S) groups is 1. The molecule has 0 atom stereocenters. The van der Waals surface area contributed by atoms with Gasteiger partial charge >= 0.3 is 5.97 Å². The van der Waals surface area contributed by atoms with Gasteiger partial charge in [0.05, 0.1) is 11.3 Å². The maximum atomic E-state index is 13.1. The number of carboxylic acid groups (broad SMARTS) is 1. The highest BCUT2D eigenvalue weighted by Crippen LogP contribution is 2.28. The number of hydrogen-bond acceptors (Lipinski definition) is 5. The molecule has 0 saturated carbocycles. The van der Waals surface area contributed by atoms with Gasteiger partial charge in [0.2, 0.25) is 0 Å². The van der Waals surface area contributed by atoms with Crippen LogP contribution in [0.25, 0.3) is 17.4 Å². The highest BCUT2D eigenvalue weighted by Gasteiger charge is 2.34. The Labute approximate surface area is 196 Å². The van der Waals surface area contributed by atoms with E-state index in [4.69, 9.17) is 16.6 Å². The van der Waals surface area contributed by atoms with Gasteiger partial charge < -0.3 is 9.52 Å². The van der Waals surface area contributed by atoms with Crippen LogP contribution in [0, 0.1) is 6.92 Å². The summed E-state index contributed by atoms with van der Waals surface area (Å²) in [5.74, 6) is -1.59. The lowest BCUT2D eigenvalue weighted by atomic mass is 10.0. The number of carbonyl (C=O) groups excluding carboxylic acids is 2. The van der Waals surface area contributed by atoms with E-state index in [2.05, 4.69) is 21.2 Å². The normalized spacial score (nSPS) is 15.2. The molecule has 3 aromatic rings. The van der Waals surface area contributed by atoms with E-state index in [1.165, 1.54) is 17.0 Å². The molecule has 2 N–H and O–H groups in total. The minimum atomic E-state index is -1.04. The molecule has 9 heteroatoms. The number of carboxylic acids is 1. The molecule has 1 aliphatic heterocycles. The highest BCUT2D eigenvalue weighted by atomic mass is 79.9. The number of hydrogen-bond donors (Lipinski definition) is 2. The van der Waals surface area contributed by atoms with Gasteiger partial charge in [0, 0.05) is 10.0 Å². The lowest BCUT2D eigenvalue weighted by Gasteiger charge is -2.28. The van der Waals surface area contributed by atoms with E-state index in [1.807, 2.05) is 6.07 Å². The predicted molar refractivity (Wildman–Crippen MR) is 126 cm³/mol. The molecule has 1 saturated heterocycles. The zero-order chi connectivity index (χ0) is 23.0. The average Bonchev–Trinajstić information content (AvgIpc) is 3.20. The Kier molecular flexibility index (Phi) is 5.77. The van der Waals surface area contributed by atoms with Crippen molar-refractivity contribution < 1.29 is 23.9 Å². The summed E-state index contributed by atoms with van der Waals surface area (Å²) in [6, 6.07) is 15.2. The van der Waals surface area contributed by atoms with E-state index in [0.717, 1.165) is 4.47 Å². The van der Waals surface area contributed by atoms with Crippen molar-refractivity contribution in [1.29, 1.82) is 0 Å². The van der Waals surface area contributed by atoms with Crippen LogP contribution in [0.4, 0.5) is 5.69 Å². The number of halogens is 1. The van der Waals surface area contributed by atoms with Crippen LogP contribution in [0.15, 0.2) is 69.1 Å². The summed E-state index contributed by atoms with van der Waals surface area (Å²) in [5, 5.41) is 11.8. The van der Waals surface area contributed by atoms with Crippen molar-refractivity contribution in [2.45, 2.75) is 6.92 Å². The molecule has 7 nitrogen and oxygen atoms in total. The largest absolute Gasteiger partial charge is 0.478 e. The third-order valence-corrected chi connectivity index (χ3v) is 5.61. The molecule has 0 aliphatic carbocycles. The zero-order valence-corrected chi connectivity index (χ0v) is 19.0. The highest BCUT2D eigenvalue weighted by molar-refractivity contribution is 9.10. The predicted octanol–water partition coefficient (Wildman–Crippen LogP) is 4.55. The van der Waals surface area contributed by atoms with Crippen LogP contribution in [0.1, 0.15) is 21.7 Å². The summed E-state index contributed by atoms with van der Waals surface area (Å²) in [7, 11) is 0. The second-order valence-corrected chi connectivity index (χ2v) is 8.28. The number of aromatic carboxylic acids is 1. The van der Waals surface area contributed by atoms with Crippen molar-refractivity contribution >= 4 is 62.8 Å². The fraction of sp³-hybridized carbons (Fsp3) is 0.0435. The van der Waals surface area contributed by atoms with Gasteiger partial charge in [-0.05, 0) is 67.2 Å². The van der Waals surface area contributed by atoms with Crippen molar-refractivity contribution in [3.63, 3.8) is 0 Å². The standard InChI is InChI=1S/C23H15BrN2O5S/c1-12-5-6-13(9-17(12)22(29)30)19-8-7-16(31-19)11-18-20(27)25-23(32)26(21(18)28)15-4-2-3-14(24)10-15/h2-11H,1H3,(H,29,30)(H,25,27,32)/b18-11+. The number of aryl methyl sites for hydroxylation is 1. The summed E-state index contributed by atoms with van der Waals surface area (Å²) in [4.78, 5) is 38.2. The monoisotopic (exact) mass is 510 g/mol. The van der Waals surface area contributed by atoms with E-state index in [1.54, 1.807) is 49.4 Å². The SMILES string of the molecule is Cc1ccc(-c2ccc(/C=C3\C(=O)NC(=S)N(c4cccc(Br)c4)C3=O)o2)cc1C(=O)O. The van der Waals surface area contributed by atoms with E-state index in [9.17, 15) is 19.5 Å². The Hall–Kier alpha value is -3.56. The van der Waals surface area contributed by atoms with Crippen molar-refractivity contribution in [1.82, 2.24) is 5.32 Å². The molecule has 160 valence electrons. The van der Waals surface area contributed by atoms with E-state index < -0.39 is 17.8 Å². The van der Waals surface area contributed by atoms with Crippen molar-refractivity contribution in [2.24, 2.45) is 0 Å². The molecule has 0 spiro atoms. The van der Waals surface area contributed by atoms with Crippen LogP contribution in [-0.4, -0.2) is 28.0 Å². The Morgan fingerprint density at radius 2 is 1.94 bits per heavy atom. The first kappa shape index (κ1) is 21.7. The first-order valence-corrected chi connectivity index (χ1v) is 10.6. The number of furan rings is 1. The van der Waals surface area contributed by atoms with E-state index in [0.29, 0.717) is 22.6 Å². The summed E-state index contributed by atoms with van der Waals surface area (Å²) in [6.45, 7) is 1.71. The van der Waals surface area contributed by atoms with Crippen LogP contribution in [0.5, 0.6) is 0 Å². The Bertz CT molecular complexity index is 1330. The smallest absolute Gasteiger partial charge is 0.335 e. The van der Waals surface area contributed by atoms with E-state index in [-0.39, 0.29) is 22.0 Å². The maximum absolute atomic E-state index is 13.1. The topological polar surface area (TPSA) is 99.9 Å². The summed E-state index contributed by atoms with van der Waals surface area (Å²) in [6.07, 6.45) is 1.33. The number of carbonyl (C=O) groups is 3. The number of nitrogens with one attached hydrogen (secondary N) is 1. The van der Waals surface area contributed by atoms with Gasteiger partial charge in [-0.3, -0.25) is 19.8 Å². The second-order valence-electron chi connectivity index (χ2n) is 6.97. The number of nitrogens with zero attached hydrogens (tertiary/aromatic N) is 1. The molecular weight excluding hydrogens is 496 g/mol. The van der Waals surface area contributed by atoms with Gasteiger partial charge in [-0.15, -0.1) is 0 Å². The maximum Gasteiger partial charge on any atom is 0.335 e. The number of anilines is 1. The minimum absolute atomic E-state index is 0.0174. The fourth-order valence-corrected chi connectivity index (χ4v) is 3.91. The number of rotatable bonds is 4. The van der Waals surface area contributed by atoms with Crippen LogP contribution < -0.4 is 10.2 Å². The summed E-state index contributed by atoms with van der Waals surface area (Å²) >= 11 is 8.55. The van der Waals surface area contributed by atoms with Crippen molar-refractivity contribution in [3.05, 3.63) is 81.5 Å². The molecule has 0 bridgehead atoms. The van der Waals surface area contributed by atoms with Crippen molar-refractivity contribution in [2.75, 3.05) is 4.90 Å². The molecular formula is C23H15BrN2O5S. The second kappa shape index (κ2) is 8.52. The van der Waals surface area contributed by atoms with Crippen LogP contribution in [0.3, 0.4) is 0 Å². The van der Waals surface area contributed by atoms with Gasteiger partial charge in [0.25, 0.3) is 11.8 Å². The van der Waals surface area contributed by atoms with Gasteiger partial charge in [0.1, 0.15) is 17.1 Å². The first-order chi connectivity index (χ1) is 15.2. The minimum Gasteiger partial charge on any atom is -0.478 e. The zero-order valence-electron chi connectivity index (χ0n) is 16.6. The van der Waals surface area contributed by atoms with Crippen LogP contribution >= 0.6 is 28.1 Å². The molecule has 1 fully saturated rings. The van der Waals surface area contributed by atoms with Gasteiger partial charge in [-0.1, -0.05) is 34.1 Å². The summed E-state index contributed by atoms with van der Waals surface area (Å²) in [5.41, 5.74) is 1.71. The van der Waals surface area contributed by atoms with Crippen LogP contribution in [0.2, 0.25) is 0 Å². The van der Waals surface area contributed by atoms with Crippen LogP contribution in [-0.2, 0) is 9.59 Å². The molecule has 0 unspecified atom stereocenters. The first-order valence-electron chi connectivity index (χ1n) is 9.36.